The Labute approximate surface area is 103 Å². The molecule has 1 aliphatic heterocycles. The van der Waals surface area contributed by atoms with Crippen LogP contribution in [0.3, 0.4) is 0 Å². The summed E-state index contributed by atoms with van der Waals surface area (Å²) in [4.78, 5) is 13.7. The third-order valence-corrected chi connectivity index (χ3v) is 3.28. The van der Waals surface area contributed by atoms with Crippen LogP contribution in [0.25, 0.3) is 0 Å². The van der Waals surface area contributed by atoms with Gasteiger partial charge in [0.25, 0.3) is 0 Å². The summed E-state index contributed by atoms with van der Waals surface area (Å²) in [5.74, 6) is 0.227. The first kappa shape index (κ1) is 14.3. The largest absolute Gasteiger partial charge is 0.396 e. The molecule has 17 heavy (non-hydrogen) atoms. The van der Waals surface area contributed by atoms with Gasteiger partial charge in [0.15, 0.2) is 0 Å². The summed E-state index contributed by atoms with van der Waals surface area (Å²) in [6.45, 7) is 5.93. The zero-order valence-electron chi connectivity index (χ0n) is 11.0. The standard InChI is InChI=1S/C12H24N2O3/c1-12(2,17-3)9-13-11(16)14-6-4-5-10(7-14)8-15/h10,15H,4-9H2,1-3H3,(H,13,16). The van der Waals surface area contributed by atoms with Crippen LogP contribution in [-0.4, -0.2) is 55.0 Å². The van der Waals surface area contributed by atoms with Gasteiger partial charge >= 0.3 is 6.03 Å². The summed E-state index contributed by atoms with van der Waals surface area (Å²) >= 11 is 0. The fourth-order valence-corrected chi connectivity index (χ4v) is 1.87. The van der Waals surface area contributed by atoms with Gasteiger partial charge in [-0.2, -0.15) is 0 Å². The summed E-state index contributed by atoms with van der Waals surface area (Å²) in [7, 11) is 1.63. The van der Waals surface area contributed by atoms with Gasteiger partial charge in [-0.3, -0.25) is 0 Å². The molecule has 0 radical (unpaired) electrons. The zero-order valence-corrected chi connectivity index (χ0v) is 11.0. The second-order valence-corrected chi connectivity index (χ2v) is 5.26. The second-order valence-electron chi connectivity index (χ2n) is 5.26. The molecule has 1 aliphatic rings. The number of piperidine rings is 1. The maximum atomic E-state index is 11.9. The molecule has 2 N–H and O–H groups in total. The molecule has 1 heterocycles. The van der Waals surface area contributed by atoms with Crippen molar-refractivity contribution in [2.45, 2.75) is 32.3 Å². The van der Waals surface area contributed by atoms with Gasteiger partial charge in [-0.15, -0.1) is 0 Å². The normalized spacial score (nSPS) is 21.4. The summed E-state index contributed by atoms with van der Waals surface area (Å²) < 4.78 is 5.24. The highest BCUT2D eigenvalue weighted by Crippen LogP contribution is 2.15. The average Bonchev–Trinajstić information content (AvgIpc) is 2.36. The zero-order chi connectivity index (χ0) is 12.9. The van der Waals surface area contributed by atoms with Crippen LogP contribution < -0.4 is 5.32 Å². The molecule has 5 heteroatoms. The molecule has 1 fully saturated rings. The number of ether oxygens (including phenoxy) is 1. The molecule has 2 amide bonds. The molecule has 0 bridgehead atoms. The van der Waals surface area contributed by atoms with Crippen LogP contribution >= 0.6 is 0 Å². The van der Waals surface area contributed by atoms with Gasteiger partial charge in [0, 0.05) is 33.4 Å². The minimum atomic E-state index is -0.345. The van der Waals surface area contributed by atoms with E-state index >= 15 is 0 Å². The summed E-state index contributed by atoms with van der Waals surface area (Å²) in [5.41, 5.74) is -0.345. The maximum absolute atomic E-state index is 11.9. The number of rotatable bonds is 4. The van der Waals surface area contributed by atoms with Gasteiger partial charge in [-0.1, -0.05) is 0 Å². The lowest BCUT2D eigenvalue weighted by Crippen LogP contribution is -2.49. The van der Waals surface area contributed by atoms with Crippen LogP contribution in [0, 0.1) is 5.92 Å². The Balaban J connectivity index is 2.37. The van der Waals surface area contributed by atoms with E-state index in [1.807, 2.05) is 13.8 Å². The monoisotopic (exact) mass is 244 g/mol. The van der Waals surface area contributed by atoms with E-state index in [-0.39, 0.29) is 24.2 Å². The van der Waals surface area contributed by atoms with E-state index in [1.165, 1.54) is 0 Å². The summed E-state index contributed by atoms with van der Waals surface area (Å²) in [6.07, 6.45) is 1.97. The van der Waals surface area contributed by atoms with Gasteiger partial charge in [-0.05, 0) is 32.6 Å². The molecule has 1 saturated heterocycles. The molecule has 5 nitrogen and oxygen atoms in total. The van der Waals surface area contributed by atoms with Crippen molar-refractivity contribution < 1.29 is 14.6 Å². The van der Waals surface area contributed by atoms with Gasteiger partial charge in [0.2, 0.25) is 0 Å². The van der Waals surface area contributed by atoms with E-state index in [4.69, 9.17) is 9.84 Å². The Morgan fingerprint density at radius 2 is 2.29 bits per heavy atom. The Hall–Kier alpha value is -0.810. The molecule has 1 atom stereocenters. The average molecular weight is 244 g/mol. The van der Waals surface area contributed by atoms with E-state index in [0.717, 1.165) is 19.4 Å². The Morgan fingerprint density at radius 1 is 1.59 bits per heavy atom. The number of methoxy groups -OCH3 is 1. The Kier molecular flexibility index (Phi) is 5.21. The van der Waals surface area contributed by atoms with Crippen molar-refractivity contribution in [3.05, 3.63) is 0 Å². The molecule has 0 aromatic heterocycles. The van der Waals surface area contributed by atoms with Crippen LogP contribution in [0.1, 0.15) is 26.7 Å². The molecule has 0 aliphatic carbocycles. The Morgan fingerprint density at radius 3 is 2.88 bits per heavy atom. The van der Waals surface area contributed by atoms with E-state index in [1.54, 1.807) is 12.0 Å². The quantitative estimate of drug-likeness (QED) is 0.770. The van der Waals surface area contributed by atoms with Crippen LogP contribution in [0.4, 0.5) is 4.79 Å². The van der Waals surface area contributed by atoms with Crippen LogP contribution in [0.15, 0.2) is 0 Å². The highest BCUT2D eigenvalue weighted by molar-refractivity contribution is 5.74. The number of nitrogens with zero attached hydrogens (tertiary/aromatic N) is 1. The van der Waals surface area contributed by atoms with Gasteiger partial charge in [0.05, 0.1) is 5.60 Å². The van der Waals surface area contributed by atoms with Crippen molar-refractivity contribution in [3.8, 4) is 0 Å². The number of urea groups is 1. The maximum Gasteiger partial charge on any atom is 0.317 e. The number of carbonyl (C=O) groups excluding carboxylic acids is 1. The van der Waals surface area contributed by atoms with E-state index in [2.05, 4.69) is 5.32 Å². The topological polar surface area (TPSA) is 61.8 Å². The molecule has 1 unspecified atom stereocenters. The van der Waals surface area contributed by atoms with Gasteiger partial charge < -0.3 is 20.1 Å². The highest BCUT2D eigenvalue weighted by atomic mass is 16.5. The number of nitrogens with one attached hydrogen (secondary N) is 1. The second kappa shape index (κ2) is 6.21. The number of aliphatic hydroxyl groups is 1. The van der Waals surface area contributed by atoms with Crippen molar-refractivity contribution in [1.29, 1.82) is 0 Å². The lowest BCUT2D eigenvalue weighted by Gasteiger charge is -2.33. The fourth-order valence-electron chi connectivity index (χ4n) is 1.87. The van der Waals surface area contributed by atoms with Crippen LogP contribution in [0.2, 0.25) is 0 Å². The van der Waals surface area contributed by atoms with Gasteiger partial charge in [0.1, 0.15) is 0 Å². The van der Waals surface area contributed by atoms with Crippen molar-refractivity contribution in [1.82, 2.24) is 10.2 Å². The number of hydrogen-bond acceptors (Lipinski definition) is 3. The highest BCUT2D eigenvalue weighted by Gasteiger charge is 2.24. The molecule has 0 aromatic carbocycles. The third kappa shape index (κ3) is 4.52. The van der Waals surface area contributed by atoms with Gasteiger partial charge in [-0.25, -0.2) is 4.79 Å². The van der Waals surface area contributed by atoms with Crippen LogP contribution in [-0.2, 0) is 4.74 Å². The van der Waals surface area contributed by atoms with E-state index < -0.39 is 0 Å². The molecule has 100 valence electrons. The van der Waals surface area contributed by atoms with Crippen molar-refractivity contribution in [2.24, 2.45) is 5.92 Å². The van der Waals surface area contributed by atoms with Crippen molar-refractivity contribution in [2.75, 3.05) is 33.4 Å². The number of hydrogen-bond donors (Lipinski definition) is 2. The van der Waals surface area contributed by atoms with E-state index in [0.29, 0.717) is 13.1 Å². The predicted octanol–water partition coefficient (Wildman–Crippen LogP) is 0.825. The smallest absolute Gasteiger partial charge is 0.317 e. The molecular formula is C12H24N2O3. The lowest BCUT2D eigenvalue weighted by atomic mass is 9.99. The molecule has 0 saturated carbocycles. The lowest BCUT2D eigenvalue weighted by molar-refractivity contribution is 0.0236. The summed E-state index contributed by atoms with van der Waals surface area (Å²) in [6, 6.07) is -0.0618. The van der Waals surface area contributed by atoms with Crippen molar-refractivity contribution in [3.63, 3.8) is 0 Å². The third-order valence-electron chi connectivity index (χ3n) is 3.28. The predicted molar refractivity (Wildman–Crippen MR) is 65.9 cm³/mol. The fraction of sp³-hybridized carbons (Fsp3) is 0.917. The van der Waals surface area contributed by atoms with E-state index in [9.17, 15) is 4.79 Å². The first-order valence-corrected chi connectivity index (χ1v) is 6.17. The number of likely N-dealkylation sites (tertiary alicyclic amines) is 1. The van der Waals surface area contributed by atoms with Crippen molar-refractivity contribution >= 4 is 6.03 Å². The Bertz CT molecular complexity index is 256. The summed E-state index contributed by atoms with van der Waals surface area (Å²) in [5, 5.41) is 12.0. The minimum absolute atomic E-state index is 0.0618. The number of carbonyl (C=O) groups is 1. The molecule has 0 aromatic rings. The first-order valence-electron chi connectivity index (χ1n) is 6.17. The first-order chi connectivity index (χ1) is 7.98. The SMILES string of the molecule is COC(C)(C)CNC(=O)N1CCCC(CO)C1. The number of aliphatic hydroxyl groups excluding tert-OH is 1. The molecule has 1 rings (SSSR count). The number of amides is 2. The van der Waals surface area contributed by atoms with Crippen LogP contribution in [0.5, 0.6) is 0 Å². The molecule has 0 spiro atoms. The molecular weight excluding hydrogens is 220 g/mol. The minimum Gasteiger partial charge on any atom is -0.396 e.